The van der Waals surface area contributed by atoms with Crippen LogP contribution in [0.1, 0.15) is 25.1 Å². The maximum atomic E-state index is 13.5. The van der Waals surface area contributed by atoms with Crippen LogP contribution in [0.4, 0.5) is 0 Å². The molecule has 0 spiro atoms. The summed E-state index contributed by atoms with van der Waals surface area (Å²) >= 11 is 13.1. The van der Waals surface area contributed by atoms with Crippen LogP contribution in [-0.4, -0.2) is 9.67 Å². The summed E-state index contributed by atoms with van der Waals surface area (Å²) in [6.45, 7) is 3.93. The first-order chi connectivity index (χ1) is 14.7. The van der Waals surface area contributed by atoms with Crippen molar-refractivity contribution >= 4 is 45.9 Å². The number of rotatable bonds is 2. The Hall–Kier alpha value is -2.67. The highest BCUT2D eigenvalue weighted by atomic mass is 35.5. The molecule has 156 valence electrons. The molecule has 1 aliphatic heterocycles. The number of fused-ring (bicyclic) bond motifs is 4. The minimum Gasteiger partial charge on any atom is -0.505 e. The van der Waals surface area contributed by atoms with E-state index in [4.69, 9.17) is 27.6 Å². The summed E-state index contributed by atoms with van der Waals surface area (Å²) in [6, 6.07) is 13.7. The number of hydrogen-bond acceptors (Lipinski definition) is 5. The van der Waals surface area contributed by atoms with Crippen molar-refractivity contribution < 1.29 is 9.52 Å². The van der Waals surface area contributed by atoms with E-state index in [1.54, 1.807) is 47.0 Å². The maximum absolute atomic E-state index is 13.5. The average molecular weight is 472 g/mol. The number of aromatic nitrogens is 1. The van der Waals surface area contributed by atoms with Crippen LogP contribution in [0, 0.1) is 0 Å². The van der Waals surface area contributed by atoms with E-state index < -0.39 is 22.3 Å². The number of nitrogens with zero attached hydrogens (tertiary/aromatic N) is 1. The molecule has 3 heterocycles. The fourth-order valence-corrected chi connectivity index (χ4v) is 5.12. The molecular formula is C23H15Cl2NO4S. The Morgan fingerprint density at radius 2 is 1.68 bits per heavy atom. The van der Waals surface area contributed by atoms with Crippen LogP contribution >= 0.6 is 35.0 Å². The van der Waals surface area contributed by atoms with E-state index in [9.17, 15) is 14.7 Å². The van der Waals surface area contributed by atoms with Crippen molar-refractivity contribution in [2.45, 2.75) is 29.1 Å². The molecule has 4 aromatic rings. The molecule has 0 atom stereocenters. The van der Waals surface area contributed by atoms with Crippen molar-refractivity contribution in [2.75, 3.05) is 0 Å². The summed E-state index contributed by atoms with van der Waals surface area (Å²) < 4.78 is 7.04. The maximum Gasteiger partial charge on any atom is 0.354 e. The molecule has 0 aliphatic carbocycles. The largest absolute Gasteiger partial charge is 0.505 e. The van der Waals surface area contributed by atoms with E-state index in [-0.39, 0.29) is 15.9 Å². The van der Waals surface area contributed by atoms with Crippen LogP contribution in [0.15, 0.2) is 72.3 Å². The van der Waals surface area contributed by atoms with Gasteiger partial charge >= 0.3 is 5.63 Å². The van der Waals surface area contributed by atoms with Crippen LogP contribution in [0.25, 0.3) is 16.7 Å². The highest BCUT2D eigenvalue weighted by Crippen LogP contribution is 2.44. The summed E-state index contributed by atoms with van der Waals surface area (Å²) in [4.78, 5) is 26.8. The van der Waals surface area contributed by atoms with Crippen molar-refractivity contribution in [1.82, 2.24) is 4.57 Å². The van der Waals surface area contributed by atoms with E-state index in [0.717, 1.165) is 17.3 Å². The van der Waals surface area contributed by atoms with E-state index in [0.29, 0.717) is 26.3 Å². The molecular weight excluding hydrogens is 457 g/mol. The third-order valence-electron chi connectivity index (χ3n) is 5.56. The Bertz CT molecular complexity index is 1500. The van der Waals surface area contributed by atoms with Gasteiger partial charge in [-0.3, -0.25) is 9.36 Å². The number of hydrogen-bond donors (Lipinski definition) is 1. The standard InChI is InChI=1S/C23H15Cl2NO4S/c1-23(2)14-9-12(25)5-8-15(14)26-17(23)10-16-18(21(26)28)19(27)20(22(29)30-16)31-13-6-3-11(24)4-7-13/h3-10,27H,1-2H3. The van der Waals surface area contributed by atoms with Crippen molar-refractivity contribution in [3.8, 4) is 11.4 Å². The summed E-state index contributed by atoms with van der Waals surface area (Å²) in [5, 5.41) is 12.0. The third kappa shape index (κ3) is 3.01. The lowest BCUT2D eigenvalue weighted by atomic mass is 9.83. The summed E-state index contributed by atoms with van der Waals surface area (Å²) in [6.07, 6.45) is 0. The van der Waals surface area contributed by atoms with Crippen molar-refractivity contribution in [3.05, 3.63) is 90.6 Å². The van der Waals surface area contributed by atoms with Gasteiger partial charge in [-0.15, -0.1) is 0 Å². The van der Waals surface area contributed by atoms with E-state index in [1.165, 1.54) is 0 Å². The first-order valence-corrected chi connectivity index (χ1v) is 11.0. The molecule has 2 aromatic heterocycles. The predicted molar refractivity (Wildman–Crippen MR) is 122 cm³/mol. The van der Waals surface area contributed by atoms with E-state index in [1.807, 2.05) is 19.9 Å². The van der Waals surface area contributed by atoms with Gasteiger partial charge in [-0.25, -0.2) is 4.79 Å². The molecule has 5 nitrogen and oxygen atoms in total. The number of aromatic hydroxyl groups is 1. The van der Waals surface area contributed by atoms with Crippen LogP contribution < -0.4 is 11.2 Å². The zero-order valence-electron chi connectivity index (χ0n) is 16.4. The van der Waals surface area contributed by atoms with Gasteiger partial charge < -0.3 is 9.52 Å². The van der Waals surface area contributed by atoms with Crippen LogP contribution in [-0.2, 0) is 5.41 Å². The van der Waals surface area contributed by atoms with Gasteiger partial charge in [0.2, 0.25) is 0 Å². The molecule has 2 aromatic carbocycles. The summed E-state index contributed by atoms with van der Waals surface area (Å²) in [7, 11) is 0. The molecule has 0 amide bonds. The van der Waals surface area contributed by atoms with E-state index >= 15 is 0 Å². The smallest absolute Gasteiger partial charge is 0.354 e. The van der Waals surface area contributed by atoms with Gasteiger partial charge in [0.05, 0.1) is 5.69 Å². The second-order valence-corrected chi connectivity index (χ2v) is 9.78. The minimum absolute atomic E-state index is 0.0431. The molecule has 8 heteroatoms. The van der Waals surface area contributed by atoms with Crippen LogP contribution in [0.2, 0.25) is 10.0 Å². The Labute approximate surface area is 190 Å². The topological polar surface area (TPSA) is 72.4 Å². The van der Waals surface area contributed by atoms with Crippen molar-refractivity contribution in [1.29, 1.82) is 0 Å². The lowest BCUT2D eigenvalue weighted by Crippen LogP contribution is -2.24. The van der Waals surface area contributed by atoms with Gasteiger partial charge in [-0.2, -0.15) is 0 Å². The quantitative estimate of drug-likeness (QED) is 0.403. The van der Waals surface area contributed by atoms with Crippen LogP contribution in [0.3, 0.4) is 0 Å². The SMILES string of the molecule is CC1(C)c2cc(Cl)ccc2-n2c1cc1oc(=O)c(Sc3ccc(Cl)cc3)c(O)c1c2=O. The average Bonchev–Trinajstić information content (AvgIpc) is 2.93. The first kappa shape index (κ1) is 20.2. The van der Waals surface area contributed by atoms with Gasteiger partial charge in [0.25, 0.3) is 5.56 Å². The zero-order valence-corrected chi connectivity index (χ0v) is 18.7. The van der Waals surface area contributed by atoms with Crippen molar-refractivity contribution in [3.63, 3.8) is 0 Å². The molecule has 1 N–H and O–H groups in total. The Morgan fingerprint density at radius 3 is 2.39 bits per heavy atom. The molecule has 0 unspecified atom stereocenters. The lowest BCUT2D eigenvalue weighted by molar-refractivity contribution is 0.445. The Balaban J connectivity index is 1.79. The molecule has 0 radical (unpaired) electrons. The second kappa shape index (κ2) is 6.92. The lowest BCUT2D eigenvalue weighted by Gasteiger charge is -2.20. The molecule has 1 aliphatic rings. The highest BCUT2D eigenvalue weighted by Gasteiger charge is 2.38. The molecule has 31 heavy (non-hydrogen) atoms. The molecule has 0 bridgehead atoms. The fraction of sp³-hybridized carbons (Fsp3) is 0.130. The summed E-state index contributed by atoms with van der Waals surface area (Å²) in [5.41, 5.74) is 0.554. The van der Waals surface area contributed by atoms with E-state index in [2.05, 4.69) is 0 Å². The van der Waals surface area contributed by atoms with Gasteiger partial charge in [0, 0.05) is 32.1 Å². The molecule has 5 rings (SSSR count). The van der Waals surface area contributed by atoms with Gasteiger partial charge in [0.1, 0.15) is 15.9 Å². The van der Waals surface area contributed by atoms with Gasteiger partial charge in [-0.05, 0) is 48.0 Å². The molecule has 0 saturated carbocycles. The second-order valence-electron chi connectivity index (χ2n) is 7.82. The molecule has 0 fully saturated rings. The van der Waals surface area contributed by atoms with Crippen LogP contribution in [0.5, 0.6) is 5.75 Å². The number of benzene rings is 2. The third-order valence-corrected chi connectivity index (χ3v) is 7.12. The fourth-order valence-electron chi connectivity index (χ4n) is 3.99. The van der Waals surface area contributed by atoms with Gasteiger partial charge in [-0.1, -0.05) is 48.8 Å². The molecule has 0 saturated heterocycles. The Morgan fingerprint density at radius 1 is 1.00 bits per heavy atom. The monoisotopic (exact) mass is 471 g/mol. The number of halogens is 2. The minimum atomic E-state index is -0.717. The highest BCUT2D eigenvalue weighted by molar-refractivity contribution is 7.99. The predicted octanol–water partition coefficient (Wildman–Crippen LogP) is 5.75. The number of pyridine rings is 1. The summed E-state index contributed by atoms with van der Waals surface area (Å²) in [5.74, 6) is -0.397. The first-order valence-electron chi connectivity index (χ1n) is 9.38. The van der Waals surface area contributed by atoms with Crippen molar-refractivity contribution in [2.24, 2.45) is 0 Å². The van der Waals surface area contributed by atoms with Gasteiger partial charge in [0.15, 0.2) is 5.75 Å². The Kier molecular flexibility index (Phi) is 4.52. The zero-order chi connectivity index (χ0) is 22.1. The normalized spacial score (nSPS) is 13.9.